The maximum Gasteiger partial charge on any atom is 0.296 e. The number of carbonyl (C=O) groups excluding carboxylic acids is 1. The van der Waals surface area contributed by atoms with Gasteiger partial charge in [0.25, 0.3) is 11.5 Å². The fourth-order valence-electron chi connectivity index (χ4n) is 3.72. The van der Waals surface area contributed by atoms with Crippen LogP contribution in [0.5, 0.6) is 5.75 Å². The highest BCUT2D eigenvalue weighted by Crippen LogP contribution is 2.38. The number of para-hydroxylation sites is 2. The molecular weight excluding hydrogens is 398 g/mol. The van der Waals surface area contributed by atoms with E-state index in [2.05, 4.69) is 25.1 Å². The van der Waals surface area contributed by atoms with E-state index in [9.17, 15) is 14.7 Å². The van der Waals surface area contributed by atoms with Crippen molar-refractivity contribution in [2.45, 2.75) is 25.3 Å². The van der Waals surface area contributed by atoms with Crippen LogP contribution in [0.1, 0.15) is 35.8 Å². The van der Waals surface area contributed by atoms with E-state index in [0.29, 0.717) is 11.5 Å². The molecular formula is C21H19N7O3. The summed E-state index contributed by atoms with van der Waals surface area (Å²) in [5.74, 6) is -0.748. The van der Waals surface area contributed by atoms with Crippen molar-refractivity contribution < 1.29 is 9.90 Å². The fraction of sp³-hybridized carbons (Fsp3) is 0.238. The highest BCUT2D eigenvalue weighted by molar-refractivity contribution is 6.04. The molecule has 0 bridgehead atoms. The minimum atomic E-state index is -0.727. The Morgan fingerprint density at radius 3 is 2.65 bits per heavy atom. The summed E-state index contributed by atoms with van der Waals surface area (Å²) in [6.07, 6.45) is 5.89. The summed E-state index contributed by atoms with van der Waals surface area (Å²) in [7, 11) is 1.50. The zero-order valence-corrected chi connectivity index (χ0v) is 16.7. The van der Waals surface area contributed by atoms with E-state index in [-0.39, 0.29) is 17.6 Å². The number of hydrogen-bond acceptors (Lipinski definition) is 7. The first-order chi connectivity index (χ1) is 15.0. The number of aromatic hydroxyl groups is 1. The van der Waals surface area contributed by atoms with Crippen LogP contribution in [0.15, 0.2) is 47.5 Å². The van der Waals surface area contributed by atoms with Gasteiger partial charge in [-0.25, -0.2) is 9.97 Å². The summed E-state index contributed by atoms with van der Waals surface area (Å²) in [5.41, 5.74) is 0.987. The van der Waals surface area contributed by atoms with Crippen LogP contribution in [0.4, 0.5) is 5.69 Å². The Morgan fingerprint density at radius 2 is 1.94 bits per heavy atom. The van der Waals surface area contributed by atoms with Gasteiger partial charge in [0.2, 0.25) is 5.75 Å². The summed E-state index contributed by atoms with van der Waals surface area (Å²) in [6.45, 7) is 0. The molecule has 0 atom stereocenters. The van der Waals surface area contributed by atoms with Crippen LogP contribution in [-0.4, -0.2) is 40.3 Å². The van der Waals surface area contributed by atoms with Crippen LogP contribution in [0.2, 0.25) is 0 Å². The molecule has 3 aromatic heterocycles. The van der Waals surface area contributed by atoms with Gasteiger partial charge in [-0.3, -0.25) is 14.2 Å². The van der Waals surface area contributed by atoms with E-state index in [1.54, 1.807) is 6.07 Å². The summed E-state index contributed by atoms with van der Waals surface area (Å²) in [4.78, 5) is 34.6. The number of fused-ring (bicyclic) bond motifs is 1. The molecule has 3 heterocycles. The Morgan fingerprint density at radius 1 is 1.13 bits per heavy atom. The number of carbonyl (C=O) groups is 1. The third kappa shape index (κ3) is 3.12. The normalized spacial score (nSPS) is 13.8. The van der Waals surface area contributed by atoms with Gasteiger partial charge in [0.15, 0.2) is 17.3 Å². The second-order valence-corrected chi connectivity index (χ2v) is 7.46. The lowest BCUT2D eigenvalue weighted by molar-refractivity contribution is 0.101. The minimum Gasteiger partial charge on any atom is -0.501 e. The number of nitrogens with one attached hydrogen (secondary N) is 1. The summed E-state index contributed by atoms with van der Waals surface area (Å²) in [5, 5.41) is 20.3. The molecule has 1 aliphatic carbocycles. The predicted molar refractivity (Wildman–Crippen MR) is 113 cm³/mol. The largest absolute Gasteiger partial charge is 0.501 e. The molecule has 1 amide bonds. The Hall–Kier alpha value is -4.08. The third-order valence-corrected chi connectivity index (χ3v) is 5.56. The van der Waals surface area contributed by atoms with E-state index in [1.165, 1.54) is 24.0 Å². The van der Waals surface area contributed by atoms with Crippen LogP contribution in [0.3, 0.4) is 0 Å². The summed E-state index contributed by atoms with van der Waals surface area (Å²) in [6, 6.07) is 9.50. The summed E-state index contributed by atoms with van der Waals surface area (Å²) < 4.78 is 3.29. The Kier molecular flexibility index (Phi) is 4.46. The molecule has 1 fully saturated rings. The Balaban J connectivity index is 1.67. The lowest BCUT2D eigenvalue weighted by atomic mass is 9.92. The number of hydrogen-bond donors (Lipinski definition) is 2. The summed E-state index contributed by atoms with van der Waals surface area (Å²) >= 11 is 0. The second-order valence-electron chi connectivity index (χ2n) is 7.46. The quantitative estimate of drug-likeness (QED) is 0.521. The number of imidazole rings is 1. The number of anilines is 1. The van der Waals surface area contributed by atoms with Gasteiger partial charge in [0.1, 0.15) is 0 Å². The minimum absolute atomic E-state index is 0.212. The average molecular weight is 417 g/mol. The van der Waals surface area contributed by atoms with Crippen LogP contribution in [0, 0.1) is 0 Å². The number of benzene rings is 1. The zero-order valence-electron chi connectivity index (χ0n) is 16.7. The van der Waals surface area contributed by atoms with Gasteiger partial charge in [-0.1, -0.05) is 12.1 Å². The molecule has 156 valence electrons. The molecule has 1 aliphatic rings. The van der Waals surface area contributed by atoms with Crippen molar-refractivity contribution in [3.8, 4) is 17.4 Å². The van der Waals surface area contributed by atoms with E-state index in [4.69, 9.17) is 4.98 Å². The fourth-order valence-corrected chi connectivity index (χ4v) is 3.72. The molecule has 1 aromatic carbocycles. The average Bonchev–Trinajstić information content (AvgIpc) is 3.11. The monoisotopic (exact) mass is 417 g/mol. The smallest absolute Gasteiger partial charge is 0.296 e. The van der Waals surface area contributed by atoms with Crippen molar-refractivity contribution in [2.24, 2.45) is 7.05 Å². The van der Waals surface area contributed by atoms with Gasteiger partial charge in [-0.2, -0.15) is 10.2 Å². The SMILES string of the molecule is Cn1c(-c2nc3ccccc3n2C2CCC2)nc(C(=O)Nc2ccnnc2)c(O)c1=O. The van der Waals surface area contributed by atoms with E-state index in [0.717, 1.165) is 30.3 Å². The molecule has 1 saturated carbocycles. The molecule has 10 nitrogen and oxygen atoms in total. The molecule has 10 heteroatoms. The number of rotatable bonds is 4. The highest BCUT2D eigenvalue weighted by Gasteiger charge is 2.29. The van der Waals surface area contributed by atoms with E-state index in [1.807, 2.05) is 24.3 Å². The van der Waals surface area contributed by atoms with Crippen molar-refractivity contribution in [3.05, 3.63) is 58.8 Å². The van der Waals surface area contributed by atoms with Crippen LogP contribution < -0.4 is 10.9 Å². The van der Waals surface area contributed by atoms with Gasteiger partial charge >= 0.3 is 0 Å². The molecule has 0 saturated heterocycles. The maximum atomic E-state index is 12.8. The molecule has 0 radical (unpaired) electrons. The van der Waals surface area contributed by atoms with Crippen molar-refractivity contribution in [3.63, 3.8) is 0 Å². The first-order valence-corrected chi connectivity index (χ1v) is 9.90. The molecule has 2 N–H and O–H groups in total. The van der Waals surface area contributed by atoms with Crippen molar-refractivity contribution in [1.82, 2.24) is 29.3 Å². The maximum absolute atomic E-state index is 12.8. The first-order valence-electron chi connectivity index (χ1n) is 9.90. The number of nitrogens with zero attached hydrogens (tertiary/aromatic N) is 6. The topological polar surface area (TPSA) is 128 Å². The lowest BCUT2D eigenvalue weighted by Gasteiger charge is -2.29. The molecule has 31 heavy (non-hydrogen) atoms. The Bertz CT molecular complexity index is 1360. The van der Waals surface area contributed by atoms with Crippen LogP contribution in [-0.2, 0) is 7.05 Å². The van der Waals surface area contributed by atoms with Crippen LogP contribution in [0.25, 0.3) is 22.7 Å². The van der Waals surface area contributed by atoms with Gasteiger partial charge in [0, 0.05) is 13.1 Å². The third-order valence-electron chi connectivity index (χ3n) is 5.56. The van der Waals surface area contributed by atoms with Crippen LogP contribution >= 0.6 is 0 Å². The zero-order chi connectivity index (χ0) is 21.5. The molecule has 0 unspecified atom stereocenters. The van der Waals surface area contributed by atoms with E-state index >= 15 is 0 Å². The molecule has 5 rings (SSSR count). The lowest BCUT2D eigenvalue weighted by Crippen LogP contribution is -2.27. The second kappa shape index (κ2) is 7.31. The first kappa shape index (κ1) is 18.9. The van der Waals surface area contributed by atoms with Gasteiger partial charge in [0.05, 0.1) is 29.1 Å². The van der Waals surface area contributed by atoms with Gasteiger partial charge < -0.3 is 15.0 Å². The van der Waals surface area contributed by atoms with Crippen molar-refractivity contribution in [2.75, 3.05) is 5.32 Å². The number of amides is 1. The molecule has 0 spiro atoms. The molecule has 0 aliphatic heterocycles. The standard InChI is InChI=1S/C21H19N7O3/c1-27-18(19-25-14-7-2-3-8-15(14)28(19)13-5-4-6-13)26-16(17(29)21(27)31)20(30)24-12-9-10-22-23-11-12/h2-3,7-11,13,29H,4-6H2,1H3,(H,22,24,30). The van der Waals surface area contributed by atoms with Gasteiger partial charge in [-0.15, -0.1) is 0 Å². The predicted octanol–water partition coefficient (Wildman–Crippen LogP) is 2.27. The van der Waals surface area contributed by atoms with Crippen molar-refractivity contribution in [1.29, 1.82) is 0 Å². The molecule has 4 aromatic rings. The van der Waals surface area contributed by atoms with Crippen molar-refractivity contribution >= 4 is 22.6 Å². The van der Waals surface area contributed by atoms with Gasteiger partial charge in [-0.05, 0) is 37.5 Å². The van der Waals surface area contributed by atoms with E-state index < -0.39 is 17.2 Å². The number of aromatic nitrogens is 6. The Labute approximate surface area is 176 Å². The highest BCUT2D eigenvalue weighted by atomic mass is 16.3.